The van der Waals surface area contributed by atoms with Crippen molar-refractivity contribution >= 4 is 33.4 Å². The van der Waals surface area contributed by atoms with Gasteiger partial charge in [-0.1, -0.05) is 36.4 Å². The molecule has 1 aliphatic rings. The lowest BCUT2D eigenvalue weighted by atomic mass is 9.94. The summed E-state index contributed by atoms with van der Waals surface area (Å²) >= 11 is 1.60. The van der Waals surface area contributed by atoms with Crippen molar-refractivity contribution in [3.63, 3.8) is 0 Å². The van der Waals surface area contributed by atoms with E-state index in [2.05, 4.69) is 4.98 Å². The molecule has 0 aliphatic carbocycles. The van der Waals surface area contributed by atoms with Gasteiger partial charge < -0.3 is 9.64 Å². The number of amides is 1. The van der Waals surface area contributed by atoms with Crippen LogP contribution in [0.1, 0.15) is 29.1 Å². The van der Waals surface area contributed by atoms with E-state index in [0.717, 1.165) is 26.4 Å². The summed E-state index contributed by atoms with van der Waals surface area (Å²) in [6.45, 7) is 2.68. The first-order valence-electron chi connectivity index (χ1n) is 9.97. The van der Waals surface area contributed by atoms with Crippen molar-refractivity contribution in [1.29, 1.82) is 0 Å². The Labute approximate surface area is 180 Å². The van der Waals surface area contributed by atoms with Crippen LogP contribution in [0.4, 0.5) is 0 Å². The maximum Gasteiger partial charge on any atom is 0.323 e. The lowest BCUT2D eigenvalue weighted by Crippen LogP contribution is -2.50. The number of thiazole rings is 1. The van der Waals surface area contributed by atoms with Gasteiger partial charge in [0.05, 0.1) is 29.9 Å². The number of methoxy groups -OCH3 is 1. The van der Waals surface area contributed by atoms with Crippen LogP contribution in [0.25, 0.3) is 10.2 Å². The minimum atomic E-state index is -0.458. The molecule has 0 fully saturated rings. The van der Waals surface area contributed by atoms with E-state index in [9.17, 15) is 9.59 Å². The Balaban J connectivity index is 1.51. The van der Waals surface area contributed by atoms with Gasteiger partial charge in [-0.25, -0.2) is 4.98 Å². The van der Waals surface area contributed by atoms with E-state index < -0.39 is 6.04 Å². The van der Waals surface area contributed by atoms with Crippen LogP contribution in [0.5, 0.6) is 0 Å². The lowest BCUT2D eigenvalue weighted by molar-refractivity contribution is -0.149. The van der Waals surface area contributed by atoms with Crippen molar-refractivity contribution in [1.82, 2.24) is 14.8 Å². The summed E-state index contributed by atoms with van der Waals surface area (Å²) in [7, 11) is 3.19. The van der Waals surface area contributed by atoms with E-state index in [1.54, 1.807) is 23.3 Å². The first kappa shape index (κ1) is 20.5. The van der Waals surface area contributed by atoms with Gasteiger partial charge in [0.25, 0.3) is 0 Å². The zero-order valence-electron chi connectivity index (χ0n) is 17.4. The first-order valence-corrected chi connectivity index (χ1v) is 10.8. The molecule has 4 rings (SSSR count). The highest BCUT2D eigenvalue weighted by molar-refractivity contribution is 7.18. The Morgan fingerprint density at radius 2 is 1.90 bits per heavy atom. The van der Waals surface area contributed by atoms with Gasteiger partial charge in [0.1, 0.15) is 11.0 Å². The number of para-hydroxylation sites is 1. The van der Waals surface area contributed by atoms with Gasteiger partial charge in [-0.15, -0.1) is 11.3 Å². The number of likely N-dealkylation sites (N-methyl/N-ethyl adjacent to an activating group) is 1. The van der Waals surface area contributed by atoms with Gasteiger partial charge in [-0.3, -0.25) is 14.5 Å². The van der Waals surface area contributed by atoms with Crippen molar-refractivity contribution in [3.05, 3.63) is 64.7 Å². The number of fused-ring (bicyclic) bond motifs is 2. The third kappa shape index (κ3) is 3.95. The fourth-order valence-electron chi connectivity index (χ4n) is 3.85. The largest absolute Gasteiger partial charge is 0.468 e. The summed E-state index contributed by atoms with van der Waals surface area (Å²) in [5, 5.41) is 0.903. The number of hydrogen-bond acceptors (Lipinski definition) is 6. The second-order valence-corrected chi connectivity index (χ2v) is 8.68. The molecule has 0 spiro atoms. The average molecular weight is 424 g/mol. The summed E-state index contributed by atoms with van der Waals surface area (Å²) in [5.41, 5.74) is 3.23. The van der Waals surface area contributed by atoms with Gasteiger partial charge in [0, 0.05) is 13.6 Å². The van der Waals surface area contributed by atoms with Crippen LogP contribution in [-0.4, -0.2) is 53.4 Å². The Morgan fingerprint density at radius 1 is 1.20 bits per heavy atom. The first-order chi connectivity index (χ1) is 14.5. The zero-order valence-corrected chi connectivity index (χ0v) is 18.2. The fourth-order valence-corrected chi connectivity index (χ4v) is 4.91. The average Bonchev–Trinajstić information content (AvgIpc) is 3.21. The summed E-state index contributed by atoms with van der Waals surface area (Å²) in [5.74, 6) is -0.353. The molecule has 0 saturated heterocycles. The zero-order chi connectivity index (χ0) is 21.3. The number of esters is 1. The van der Waals surface area contributed by atoms with Crippen LogP contribution in [0, 0.1) is 0 Å². The molecule has 0 bridgehead atoms. The number of nitrogens with zero attached hydrogens (tertiary/aromatic N) is 3. The molecular weight excluding hydrogens is 398 g/mol. The van der Waals surface area contributed by atoms with Crippen LogP contribution in [0.2, 0.25) is 0 Å². The minimum Gasteiger partial charge on any atom is -0.468 e. The van der Waals surface area contributed by atoms with Crippen LogP contribution in [-0.2, 0) is 27.3 Å². The van der Waals surface area contributed by atoms with Gasteiger partial charge in [0.15, 0.2) is 0 Å². The molecule has 7 heteroatoms. The number of rotatable bonds is 5. The van der Waals surface area contributed by atoms with Crippen LogP contribution < -0.4 is 0 Å². The standard InChI is InChI=1S/C23H25N3O3S/c1-15(22-24-18-10-6-7-11-20(18)30-22)25(2)21(27)14-26-13-17-9-5-4-8-16(17)12-19(26)23(28)29-3/h4-11,15,19H,12-14H2,1-3H3/t15-,19-/m1/s1. The number of hydrogen-bond donors (Lipinski definition) is 0. The molecule has 6 nitrogen and oxygen atoms in total. The molecule has 1 aliphatic heterocycles. The number of ether oxygens (including phenoxy) is 1. The summed E-state index contributed by atoms with van der Waals surface area (Å²) in [6, 6.07) is 15.4. The molecule has 1 aromatic heterocycles. The van der Waals surface area contributed by atoms with E-state index >= 15 is 0 Å². The van der Waals surface area contributed by atoms with Crippen LogP contribution in [0.3, 0.4) is 0 Å². The number of carbonyl (C=O) groups excluding carboxylic acids is 2. The third-order valence-electron chi connectivity index (χ3n) is 5.80. The SMILES string of the molecule is COC(=O)[C@H]1Cc2ccccc2CN1CC(=O)N(C)[C@H](C)c1nc2ccccc2s1. The molecule has 30 heavy (non-hydrogen) atoms. The highest BCUT2D eigenvalue weighted by atomic mass is 32.1. The predicted molar refractivity (Wildman–Crippen MR) is 117 cm³/mol. The van der Waals surface area contributed by atoms with Crippen molar-refractivity contribution < 1.29 is 14.3 Å². The molecule has 2 aromatic carbocycles. The Morgan fingerprint density at radius 3 is 2.63 bits per heavy atom. The molecule has 2 heterocycles. The number of benzene rings is 2. The second kappa shape index (κ2) is 8.53. The van der Waals surface area contributed by atoms with Gasteiger partial charge in [-0.05, 0) is 36.6 Å². The highest BCUT2D eigenvalue weighted by Gasteiger charge is 2.34. The Bertz CT molecular complexity index is 1050. The molecule has 2 atom stereocenters. The van der Waals surface area contributed by atoms with E-state index in [-0.39, 0.29) is 24.5 Å². The molecule has 156 valence electrons. The molecule has 0 N–H and O–H groups in total. The lowest BCUT2D eigenvalue weighted by Gasteiger charge is -2.36. The third-order valence-corrected chi connectivity index (χ3v) is 7.01. The van der Waals surface area contributed by atoms with Crippen molar-refractivity contribution in [3.8, 4) is 0 Å². The summed E-state index contributed by atoms with van der Waals surface area (Å²) in [6.07, 6.45) is 0.549. The molecule has 0 unspecified atom stereocenters. The molecule has 1 amide bonds. The topological polar surface area (TPSA) is 62.7 Å². The quantitative estimate of drug-likeness (QED) is 0.589. The highest BCUT2D eigenvalue weighted by Crippen LogP contribution is 2.29. The van der Waals surface area contributed by atoms with Gasteiger partial charge >= 0.3 is 5.97 Å². The Kier molecular flexibility index (Phi) is 5.83. The molecule has 3 aromatic rings. The molecule has 0 saturated carbocycles. The molecular formula is C23H25N3O3S. The second-order valence-electron chi connectivity index (χ2n) is 7.62. The van der Waals surface area contributed by atoms with E-state index in [1.165, 1.54) is 7.11 Å². The predicted octanol–water partition coefficient (Wildman–Crippen LogP) is 3.42. The number of carbonyl (C=O) groups is 2. The van der Waals surface area contributed by atoms with Crippen molar-refractivity contribution in [2.75, 3.05) is 20.7 Å². The molecule has 0 radical (unpaired) electrons. The normalized spacial score (nSPS) is 17.4. The van der Waals surface area contributed by atoms with Gasteiger partial charge in [0.2, 0.25) is 5.91 Å². The van der Waals surface area contributed by atoms with Crippen LogP contribution in [0.15, 0.2) is 48.5 Å². The maximum absolute atomic E-state index is 13.1. The fraction of sp³-hybridized carbons (Fsp3) is 0.348. The minimum absolute atomic E-state index is 0.0463. The van der Waals surface area contributed by atoms with Gasteiger partial charge in [-0.2, -0.15) is 0 Å². The van der Waals surface area contributed by atoms with Crippen LogP contribution >= 0.6 is 11.3 Å². The van der Waals surface area contributed by atoms with Crippen molar-refractivity contribution in [2.45, 2.75) is 32.0 Å². The number of aromatic nitrogens is 1. The van der Waals surface area contributed by atoms with E-state index in [0.29, 0.717) is 13.0 Å². The smallest absolute Gasteiger partial charge is 0.323 e. The Hall–Kier alpha value is -2.77. The summed E-state index contributed by atoms with van der Waals surface area (Å²) in [4.78, 5) is 33.8. The summed E-state index contributed by atoms with van der Waals surface area (Å²) < 4.78 is 6.12. The monoisotopic (exact) mass is 423 g/mol. The van der Waals surface area contributed by atoms with E-state index in [1.807, 2.05) is 60.4 Å². The van der Waals surface area contributed by atoms with E-state index in [4.69, 9.17) is 4.74 Å². The van der Waals surface area contributed by atoms with Crippen molar-refractivity contribution in [2.24, 2.45) is 0 Å². The maximum atomic E-state index is 13.1.